The first kappa shape index (κ1) is 10.4. The van der Waals surface area contributed by atoms with Crippen molar-refractivity contribution in [3.63, 3.8) is 0 Å². The largest absolute Gasteiger partial charge is 0.447 e. The third-order valence-corrected chi connectivity index (χ3v) is 2.03. The van der Waals surface area contributed by atoms with Gasteiger partial charge >= 0.3 is 6.09 Å². The molecule has 0 N–H and O–H groups in total. The molecule has 1 fully saturated rings. The number of likely N-dealkylation sites (tertiary alicyclic amines) is 1. The van der Waals surface area contributed by atoms with Crippen LogP contribution >= 0.6 is 0 Å². The van der Waals surface area contributed by atoms with Crippen molar-refractivity contribution in [2.24, 2.45) is 0 Å². The van der Waals surface area contributed by atoms with E-state index in [1.54, 1.807) is 4.90 Å². The Bertz CT molecular complexity index is 160. The second-order valence-corrected chi connectivity index (χ2v) is 3.64. The molecule has 1 rings (SSSR count). The van der Waals surface area contributed by atoms with Crippen molar-refractivity contribution < 1.29 is 9.53 Å². The van der Waals surface area contributed by atoms with Crippen LogP contribution in [0.3, 0.4) is 0 Å². The first-order chi connectivity index (χ1) is 6.20. The summed E-state index contributed by atoms with van der Waals surface area (Å²) >= 11 is 0. The number of ether oxygens (including phenoxy) is 1. The van der Waals surface area contributed by atoms with Crippen LogP contribution < -0.4 is 0 Å². The van der Waals surface area contributed by atoms with Crippen molar-refractivity contribution in [3.05, 3.63) is 6.42 Å². The Kier molecular flexibility index (Phi) is 4.06. The van der Waals surface area contributed by atoms with Crippen LogP contribution in [-0.4, -0.2) is 30.2 Å². The molecule has 1 aliphatic heterocycles. The summed E-state index contributed by atoms with van der Waals surface area (Å²) < 4.78 is 5.12. The molecule has 1 aliphatic rings. The molecule has 0 saturated carbocycles. The quantitative estimate of drug-likeness (QED) is 0.625. The number of rotatable bonds is 1. The molecule has 3 heteroatoms. The highest BCUT2D eigenvalue weighted by molar-refractivity contribution is 5.67. The fraction of sp³-hybridized carbons (Fsp3) is 0.800. The molecule has 75 valence electrons. The molecule has 1 radical (unpaired) electrons. The van der Waals surface area contributed by atoms with Gasteiger partial charge in [-0.05, 0) is 39.5 Å². The van der Waals surface area contributed by atoms with Crippen LogP contribution in [0.2, 0.25) is 0 Å². The predicted molar refractivity (Wildman–Crippen MR) is 51.3 cm³/mol. The van der Waals surface area contributed by atoms with Crippen molar-refractivity contribution in [2.45, 2.75) is 39.2 Å². The molecular weight excluding hydrogens is 166 g/mol. The van der Waals surface area contributed by atoms with Crippen molar-refractivity contribution in [3.8, 4) is 0 Å². The molecule has 0 bridgehead atoms. The van der Waals surface area contributed by atoms with E-state index < -0.39 is 0 Å². The summed E-state index contributed by atoms with van der Waals surface area (Å²) in [6.07, 6.45) is 5.24. The standard InChI is InChI=1S/C10H18NO2/c1-9(2)13-10(12)11-7-5-3-4-6-8-11/h3,9H,4-8H2,1-2H3. The third kappa shape index (κ3) is 3.66. The second-order valence-electron chi connectivity index (χ2n) is 3.64. The minimum atomic E-state index is -0.162. The Hall–Kier alpha value is -0.730. The fourth-order valence-corrected chi connectivity index (χ4v) is 1.39. The zero-order chi connectivity index (χ0) is 9.68. The molecule has 1 heterocycles. The summed E-state index contributed by atoms with van der Waals surface area (Å²) in [5, 5.41) is 0. The zero-order valence-corrected chi connectivity index (χ0v) is 8.45. The van der Waals surface area contributed by atoms with Crippen LogP contribution in [-0.2, 0) is 4.74 Å². The van der Waals surface area contributed by atoms with Crippen LogP contribution in [0, 0.1) is 6.42 Å². The van der Waals surface area contributed by atoms with E-state index in [0.29, 0.717) is 0 Å². The number of hydrogen-bond donors (Lipinski definition) is 0. The minimum absolute atomic E-state index is 0.0141. The number of amides is 1. The van der Waals surface area contributed by atoms with E-state index in [1.807, 2.05) is 13.8 Å². The number of nitrogens with zero attached hydrogens (tertiary/aromatic N) is 1. The Morgan fingerprint density at radius 1 is 1.38 bits per heavy atom. The average molecular weight is 184 g/mol. The lowest BCUT2D eigenvalue weighted by atomic mass is 10.2. The maximum absolute atomic E-state index is 11.5. The molecule has 13 heavy (non-hydrogen) atoms. The topological polar surface area (TPSA) is 29.5 Å². The molecule has 0 aromatic carbocycles. The predicted octanol–water partition coefficient (Wildman–Crippen LogP) is 2.22. The Balaban J connectivity index is 2.35. The van der Waals surface area contributed by atoms with Gasteiger partial charge in [0.15, 0.2) is 0 Å². The molecule has 0 unspecified atom stereocenters. The van der Waals surface area contributed by atoms with Gasteiger partial charge in [-0.3, -0.25) is 0 Å². The maximum atomic E-state index is 11.5. The van der Waals surface area contributed by atoms with E-state index in [9.17, 15) is 4.79 Å². The lowest BCUT2D eigenvalue weighted by Crippen LogP contribution is -2.33. The first-order valence-corrected chi connectivity index (χ1v) is 4.97. The SMILES string of the molecule is CC(C)OC(=O)N1CC[CH]CCC1. The van der Waals surface area contributed by atoms with Gasteiger partial charge in [-0.1, -0.05) is 0 Å². The summed E-state index contributed by atoms with van der Waals surface area (Å²) in [6.45, 7) is 5.40. The first-order valence-electron chi connectivity index (χ1n) is 4.97. The minimum Gasteiger partial charge on any atom is -0.447 e. The zero-order valence-electron chi connectivity index (χ0n) is 8.45. The van der Waals surface area contributed by atoms with E-state index in [0.717, 1.165) is 32.4 Å². The van der Waals surface area contributed by atoms with Gasteiger partial charge in [0, 0.05) is 13.1 Å². The normalized spacial score (nSPS) is 18.5. The monoisotopic (exact) mass is 184 g/mol. The van der Waals surface area contributed by atoms with Gasteiger partial charge in [0.2, 0.25) is 0 Å². The Morgan fingerprint density at radius 3 is 2.85 bits per heavy atom. The highest BCUT2D eigenvalue weighted by Gasteiger charge is 2.17. The molecule has 1 amide bonds. The highest BCUT2D eigenvalue weighted by atomic mass is 16.6. The summed E-state index contributed by atoms with van der Waals surface area (Å²) in [5.74, 6) is 0. The average Bonchev–Trinajstić information content (AvgIpc) is 2.29. The van der Waals surface area contributed by atoms with Gasteiger partial charge in [-0.2, -0.15) is 0 Å². The fourth-order valence-electron chi connectivity index (χ4n) is 1.39. The molecular formula is C10H18NO2. The van der Waals surface area contributed by atoms with Gasteiger partial charge in [-0.25, -0.2) is 4.79 Å². The van der Waals surface area contributed by atoms with Gasteiger partial charge in [0.05, 0.1) is 6.10 Å². The van der Waals surface area contributed by atoms with Gasteiger partial charge in [0.25, 0.3) is 0 Å². The van der Waals surface area contributed by atoms with Crippen LogP contribution in [0.1, 0.15) is 33.1 Å². The van der Waals surface area contributed by atoms with Crippen molar-refractivity contribution in [1.29, 1.82) is 0 Å². The van der Waals surface area contributed by atoms with E-state index in [-0.39, 0.29) is 12.2 Å². The summed E-state index contributed by atoms with van der Waals surface area (Å²) in [7, 11) is 0. The van der Waals surface area contributed by atoms with Crippen molar-refractivity contribution >= 4 is 6.09 Å². The molecule has 0 atom stereocenters. The third-order valence-electron chi connectivity index (χ3n) is 2.03. The summed E-state index contributed by atoms with van der Waals surface area (Å²) in [5.41, 5.74) is 0. The van der Waals surface area contributed by atoms with E-state index in [1.165, 1.54) is 0 Å². The summed E-state index contributed by atoms with van der Waals surface area (Å²) in [6, 6.07) is 0. The second kappa shape index (κ2) is 5.10. The molecule has 0 aromatic heterocycles. The molecule has 0 aliphatic carbocycles. The molecule has 3 nitrogen and oxygen atoms in total. The molecule has 0 spiro atoms. The number of carbonyl (C=O) groups is 1. The van der Waals surface area contributed by atoms with Crippen LogP contribution in [0.4, 0.5) is 4.79 Å². The van der Waals surface area contributed by atoms with Gasteiger partial charge in [0.1, 0.15) is 0 Å². The van der Waals surface area contributed by atoms with Crippen LogP contribution in [0.15, 0.2) is 0 Å². The maximum Gasteiger partial charge on any atom is 0.410 e. The van der Waals surface area contributed by atoms with E-state index in [2.05, 4.69) is 6.42 Å². The van der Waals surface area contributed by atoms with Crippen molar-refractivity contribution in [1.82, 2.24) is 4.90 Å². The van der Waals surface area contributed by atoms with Gasteiger partial charge < -0.3 is 9.64 Å². The van der Waals surface area contributed by atoms with Crippen molar-refractivity contribution in [2.75, 3.05) is 13.1 Å². The smallest absolute Gasteiger partial charge is 0.410 e. The van der Waals surface area contributed by atoms with Crippen LogP contribution in [0.25, 0.3) is 0 Å². The van der Waals surface area contributed by atoms with Crippen LogP contribution in [0.5, 0.6) is 0 Å². The number of hydrogen-bond acceptors (Lipinski definition) is 2. The highest BCUT2D eigenvalue weighted by Crippen LogP contribution is 2.10. The Labute approximate surface area is 80.1 Å². The summed E-state index contributed by atoms with van der Waals surface area (Å²) in [4.78, 5) is 13.2. The van der Waals surface area contributed by atoms with E-state index in [4.69, 9.17) is 4.74 Å². The van der Waals surface area contributed by atoms with E-state index >= 15 is 0 Å². The van der Waals surface area contributed by atoms with Gasteiger partial charge in [-0.15, -0.1) is 0 Å². The molecule has 0 aromatic rings. The lowest BCUT2D eigenvalue weighted by molar-refractivity contribution is 0.0780. The lowest BCUT2D eigenvalue weighted by Gasteiger charge is -2.20. The Morgan fingerprint density at radius 2 is 2.15 bits per heavy atom. The number of carbonyl (C=O) groups excluding carboxylic acids is 1. The molecule has 1 saturated heterocycles.